The van der Waals surface area contributed by atoms with Gasteiger partial charge in [-0.15, -0.1) is 11.6 Å². The molecule has 6 heteroatoms. The van der Waals surface area contributed by atoms with Crippen LogP contribution in [0, 0.1) is 11.8 Å². The maximum atomic E-state index is 12.7. The first-order valence-electron chi connectivity index (χ1n) is 7.20. The Morgan fingerprint density at radius 2 is 1.85 bits per heavy atom. The molecular weight excluding hydrogens is 296 g/mol. The van der Waals surface area contributed by atoms with Crippen molar-refractivity contribution in [2.24, 2.45) is 11.8 Å². The Bertz CT molecular complexity index is 597. The summed E-state index contributed by atoms with van der Waals surface area (Å²) in [5.74, 6) is 1.20. The molecule has 1 aromatic heterocycles. The van der Waals surface area contributed by atoms with Crippen molar-refractivity contribution in [1.29, 1.82) is 0 Å². The minimum absolute atomic E-state index is 0.360. The Hall–Kier alpha value is -0.520. The van der Waals surface area contributed by atoms with Crippen LogP contribution in [-0.2, 0) is 15.9 Å². The van der Waals surface area contributed by atoms with Crippen molar-refractivity contribution in [3.8, 4) is 0 Å². The highest BCUT2D eigenvalue weighted by Gasteiger charge is 2.36. The van der Waals surface area contributed by atoms with Gasteiger partial charge >= 0.3 is 0 Å². The van der Waals surface area contributed by atoms with Crippen molar-refractivity contribution in [3.05, 3.63) is 18.0 Å². The van der Waals surface area contributed by atoms with Gasteiger partial charge in [0.2, 0.25) is 10.0 Å². The molecule has 0 radical (unpaired) electrons. The fourth-order valence-corrected chi connectivity index (χ4v) is 4.77. The lowest BCUT2D eigenvalue weighted by atomic mass is 10.0. The monoisotopic (exact) mass is 316 g/mol. The first-order valence-corrected chi connectivity index (χ1v) is 9.17. The molecule has 0 spiro atoms. The molecular formula is C14H21ClN2O2S. The van der Waals surface area contributed by atoms with Gasteiger partial charge in [-0.3, -0.25) is 0 Å². The highest BCUT2D eigenvalue weighted by atomic mass is 35.5. The quantitative estimate of drug-likeness (QED) is 0.802. The van der Waals surface area contributed by atoms with E-state index < -0.39 is 10.0 Å². The number of halogens is 1. The number of hydrogen-bond donors (Lipinski definition) is 0. The van der Waals surface area contributed by atoms with E-state index in [1.807, 2.05) is 4.57 Å². The normalized spacial score (nSPS) is 28.1. The van der Waals surface area contributed by atoms with Crippen molar-refractivity contribution in [1.82, 2.24) is 8.87 Å². The van der Waals surface area contributed by atoms with Crippen LogP contribution in [0.25, 0.3) is 0 Å². The van der Waals surface area contributed by atoms with Crippen LogP contribution in [0.1, 0.15) is 38.4 Å². The van der Waals surface area contributed by atoms with Crippen LogP contribution in [0.2, 0.25) is 0 Å². The molecule has 0 aromatic carbocycles. The number of nitrogens with zero attached hydrogens (tertiary/aromatic N) is 2. The Kier molecular flexibility index (Phi) is 3.63. The molecule has 0 bridgehead atoms. The van der Waals surface area contributed by atoms with Gasteiger partial charge < -0.3 is 4.57 Å². The molecule has 20 heavy (non-hydrogen) atoms. The molecule has 1 saturated carbocycles. The molecule has 1 aliphatic carbocycles. The van der Waals surface area contributed by atoms with Crippen LogP contribution in [0.3, 0.4) is 0 Å². The van der Waals surface area contributed by atoms with E-state index in [0.29, 0.717) is 41.7 Å². The zero-order valence-corrected chi connectivity index (χ0v) is 13.5. The average Bonchev–Trinajstić information content (AvgIpc) is 3.06. The van der Waals surface area contributed by atoms with E-state index in [2.05, 4.69) is 13.8 Å². The van der Waals surface area contributed by atoms with Gasteiger partial charge in [0.05, 0.1) is 5.88 Å². The standard InChI is InChI=1S/C14H21ClN2O2S/c1-10-7-16(8-11(10)2)20(18,19)14-5-13(6-15)17(9-14)12-3-4-12/h5,9-12H,3-4,6-8H2,1-2H3. The summed E-state index contributed by atoms with van der Waals surface area (Å²) in [6.45, 7) is 5.46. The molecule has 3 rings (SSSR count). The van der Waals surface area contributed by atoms with Crippen LogP contribution in [0.15, 0.2) is 17.2 Å². The molecule has 112 valence electrons. The number of sulfonamides is 1. The molecule has 1 aromatic rings. The predicted octanol–water partition coefficient (Wildman–Crippen LogP) is 2.84. The lowest BCUT2D eigenvalue weighted by Gasteiger charge is -2.14. The molecule has 2 fully saturated rings. The topological polar surface area (TPSA) is 42.3 Å². The van der Waals surface area contributed by atoms with Crippen LogP contribution >= 0.6 is 11.6 Å². The number of alkyl halides is 1. The maximum absolute atomic E-state index is 12.7. The van der Waals surface area contributed by atoms with E-state index in [0.717, 1.165) is 18.5 Å². The minimum atomic E-state index is -3.37. The molecule has 1 saturated heterocycles. The van der Waals surface area contributed by atoms with Crippen molar-refractivity contribution >= 4 is 21.6 Å². The van der Waals surface area contributed by atoms with E-state index in [4.69, 9.17) is 11.6 Å². The molecule has 4 nitrogen and oxygen atoms in total. The predicted molar refractivity (Wildman–Crippen MR) is 79.3 cm³/mol. The Balaban J connectivity index is 1.91. The second kappa shape index (κ2) is 5.04. The zero-order valence-electron chi connectivity index (χ0n) is 11.9. The van der Waals surface area contributed by atoms with Gasteiger partial charge in [0, 0.05) is 31.0 Å². The van der Waals surface area contributed by atoms with Gasteiger partial charge in [-0.05, 0) is 30.7 Å². The Morgan fingerprint density at radius 1 is 1.25 bits per heavy atom. The van der Waals surface area contributed by atoms with Crippen molar-refractivity contribution in [2.75, 3.05) is 13.1 Å². The third-order valence-electron chi connectivity index (χ3n) is 4.58. The summed E-state index contributed by atoms with van der Waals surface area (Å²) in [6, 6.07) is 2.19. The third kappa shape index (κ3) is 2.40. The molecule has 2 atom stereocenters. The van der Waals surface area contributed by atoms with Crippen molar-refractivity contribution in [2.45, 2.75) is 43.5 Å². The Morgan fingerprint density at radius 3 is 2.35 bits per heavy atom. The summed E-state index contributed by atoms with van der Waals surface area (Å²) in [5.41, 5.74) is 0.910. The van der Waals surface area contributed by atoms with E-state index in [9.17, 15) is 8.42 Å². The van der Waals surface area contributed by atoms with Gasteiger partial charge in [-0.1, -0.05) is 13.8 Å². The fraction of sp³-hybridized carbons (Fsp3) is 0.714. The second-order valence-electron chi connectivity index (χ2n) is 6.22. The highest BCUT2D eigenvalue weighted by Crippen LogP contribution is 2.38. The molecule has 0 amide bonds. The molecule has 1 aliphatic heterocycles. The number of aromatic nitrogens is 1. The largest absolute Gasteiger partial charge is 0.346 e. The summed E-state index contributed by atoms with van der Waals surface area (Å²) in [5, 5.41) is 0. The van der Waals surface area contributed by atoms with Crippen LogP contribution in [0.4, 0.5) is 0 Å². The third-order valence-corrected chi connectivity index (χ3v) is 6.65. The van der Waals surface area contributed by atoms with E-state index >= 15 is 0 Å². The van der Waals surface area contributed by atoms with E-state index in [1.54, 1.807) is 16.6 Å². The van der Waals surface area contributed by atoms with Gasteiger partial charge in [0.15, 0.2) is 0 Å². The summed E-state index contributed by atoms with van der Waals surface area (Å²) >= 11 is 5.94. The summed E-state index contributed by atoms with van der Waals surface area (Å²) in [4.78, 5) is 0.404. The van der Waals surface area contributed by atoms with Crippen molar-refractivity contribution in [3.63, 3.8) is 0 Å². The van der Waals surface area contributed by atoms with E-state index in [-0.39, 0.29) is 0 Å². The molecule has 2 aliphatic rings. The van der Waals surface area contributed by atoms with Crippen molar-refractivity contribution < 1.29 is 8.42 Å². The van der Waals surface area contributed by atoms with Gasteiger partial charge in [0.25, 0.3) is 0 Å². The minimum Gasteiger partial charge on any atom is -0.346 e. The van der Waals surface area contributed by atoms with E-state index in [1.165, 1.54) is 0 Å². The summed E-state index contributed by atoms with van der Waals surface area (Å²) < 4.78 is 29.1. The number of hydrogen-bond acceptors (Lipinski definition) is 2. The van der Waals surface area contributed by atoms with Gasteiger partial charge in [-0.25, -0.2) is 8.42 Å². The van der Waals surface area contributed by atoms with Crippen LogP contribution < -0.4 is 0 Å². The summed E-state index contributed by atoms with van der Waals surface area (Å²) in [7, 11) is -3.37. The SMILES string of the molecule is CC1CN(S(=O)(=O)c2cc(CCl)n(C3CC3)c2)CC1C. The fourth-order valence-electron chi connectivity index (χ4n) is 2.86. The summed E-state index contributed by atoms with van der Waals surface area (Å²) in [6.07, 6.45) is 4.02. The van der Waals surface area contributed by atoms with Crippen LogP contribution in [-0.4, -0.2) is 30.4 Å². The Labute approximate surface area is 125 Å². The van der Waals surface area contributed by atoms with Crippen LogP contribution in [0.5, 0.6) is 0 Å². The smallest absolute Gasteiger partial charge is 0.244 e. The first-order chi connectivity index (χ1) is 9.43. The highest BCUT2D eigenvalue weighted by molar-refractivity contribution is 7.89. The zero-order chi connectivity index (χ0) is 14.5. The molecule has 2 unspecified atom stereocenters. The van der Waals surface area contributed by atoms with Gasteiger partial charge in [0.1, 0.15) is 4.90 Å². The maximum Gasteiger partial charge on any atom is 0.244 e. The first kappa shape index (κ1) is 14.4. The lowest BCUT2D eigenvalue weighted by molar-refractivity contribution is 0.463. The number of rotatable bonds is 4. The second-order valence-corrected chi connectivity index (χ2v) is 8.42. The molecule has 0 N–H and O–H groups in total. The van der Waals surface area contributed by atoms with Gasteiger partial charge in [-0.2, -0.15) is 4.31 Å². The average molecular weight is 317 g/mol. The molecule has 2 heterocycles. The lowest BCUT2D eigenvalue weighted by Crippen LogP contribution is -2.28.